The van der Waals surface area contributed by atoms with Crippen molar-refractivity contribution in [2.45, 2.75) is 24.2 Å². The van der Waals surface area contributed by atoms with E-state index >= 15 is 0 Å². The van der Waals surface area contributed by atoms with Crippen LogP contribution in [0.5, 0.6) is 5.75 Å². The van der Waals surface area contributed by atoms with Gasteiger partial charge in [-0.05, 0) is 47.4 Å². The molecule has 0 amide bonds. The molecule has 146 valence electrons. The van der Waals surface area contributed by atoms with Gasteiger partial charge in [-0.15, -0.1) is 25.8 Å². The predicted octanol–water partition coefficient (Wildman–Crippen LogP) is 6.13. The van der Waals surface area contributed by atoms with E-state index in [1.807, 2.05) is 30.3 Å². The van der Waals surface area contributed by atoms with Crippen molar-refractivity contribution in [1.29, 1.82) is 0 Å². The number of alkyl halides is 3. The van der Waals surface area contributed by atoms with Gasteiger partial charge in [0.1, 0.15) is 5.75 Å². The Hall–Kier alpha value is -2.38. The number of ether oxygens (including phenoxy) is 1. The molecule has 2 aromatic carbocycles. The Balaban J connectivity index is 1.73. The minimum absolute atomic E-state index is 0.293. The van der Waals surface area contributed by atoms with Gasteiger partial charge in [0.05, 0.1) is 10.7 Å². The van der Waals surface area contributed by atoms with Gasteiger partial charge in [-0.25, -0.2) is 0 Å². The number of pyridine rings is 1. The lowest BCUT2D eigenvalue weighted by molar-refractivity contribution is -0.274. The van der Waals surface area contributed by atoms with Crippen molar-refractivity contribution in [3.8, 4) is 5.75 Å². The number of rotatable bonds is 6. The van der Waals surface area contributed by atoms with Crippen LogP contribution in [0.15, 0.2) is 65.8 Å². The van der Waals surface area contributed by atoms with E-state index in [-0.39, 0.29) is 5.75 Å². The summed E-state index contributed by atoms with van der Waals surface area (Å²) in [6.45, 7) is 0.342. The lowest BCUT2D eigenvalue weighted by Crippen LogP contribution is -2.17. The molecule has 3 nitrogen and oxygen atoms in total. The number of nitrogens with one attached hydrogen (secondary N) is 1. The highest BCUT2D eigenvalue weighted by atomic mass is 35.5. The van der Waals surface area contributed by atoms with Crippen molar-refractivity contribution in [3.05, 3.63) is 82.6 Å². The first kappa shape index (κ1) is 20.4. The minimum Gasteiger partial charge on any atom is -0.406 e. The predicted molar refractivity (Wildman–Crippen MR) is 106 cm³/mol. The van der Waals surface area contributed by atoms with Crippen LogP contribution in [-0.2, 0) is 13.0 Å². The van der Waals surface area contributed by atoms with E-state index in [1.54, 1.807) is 12.4 Å². The highest BCUT2D eigenvalue weighted by molar-refractivity contribution is 7.80. The fourth-order valence-electron chi connectivity index (χ4n) is 2.66. The molecular weight excluding hydrogens is 409 g/mol. The van der Waals surface area contributed by atoms with Gasteiger partial charge in [0.25, 0.3) is 0 Å². The number of hydrogen-bond donors (Lipinski definition) is 2. The number of nitrogens with zero attached hydrogens (tertiary/aromatic N) is 1. The SMILES string of the molecule is FC(F)(F)Oc1ccc(Cl)c(NCc2cc(Cc3cccnc3)ccc2S)c1. The molecule has 0 spiro atoms. The van der Waals surface area contributed by atoms with E-state index in [0.29, 0.717) is 23.7 Å². The second-order valence-electron chi connectivity index (χ2n) is 6.04. The van der Waals surface area contributed by atoms with Crippen molar-refractivity contribution in [2.24, 2.45) is 0 Å². The number of thiol groups is 1. The van der Waals surface area contributed by atoms with Crippen molar-refractivity contribution < 1.29 is 17.9 Å². The lowest BCUT2D eigenvalue weighted by atomic mass is 10.0. The average molecular weight is 425 g/mol. The normalized spacial score (nSPS) is 11.3. The second kappa shape index (κ2) is 8.75. The molecule has 28 heavy (non-hydrogen) atoms. The third kappa shape index (κ3) is 5.81. The van der Waals surface area contributed by atoms with Crippen molar-refractivity contribution >= 4 is 29.9 Å². The summed E-state index contributed by atoms with van der Waals surface area (Å²) in [6.07, 6.45) is -0.525. The standard InChI is InChI=1S/C20H16ClF3N2OS/c21-17-5-4-16(27-20(22,23)24)10-18(17)26-12-15-9-13(3-6-19(15)28)8-14-2-1-7-25-11-14/h1-7,9-11,26,28H,8,12H2. The molecule has 0 aliphatic heterocycles. The second-order valence-corrected chi connectivity index (χ2v) is 6.93. The summed E-state index contributed by atoms with van der Waals surface area (Å²) in [7, 11) is 0. The summed E-state index contributed by atoms with van der Waals surface area (Å²) in [6, 6.07) is 13.5. The topological polar surface area (TPSA) is 34.1 Å². The number of halogens is 4. The maximum absolute atomic E-state index is 12.4. The molecule has 0 aliphatic carbocycles. The number of hydrogen-bond acceptors (Lipinski definition) is 4. The Bertz CT molecular complexity index is 952. The van der Waals surface area contributed by atoms with E-state index in [4.69, 9.17) is 11.6 Å². The Labute approximate surface area is 170 Å². The van der Waals surface area contributed by atoms with Gasteiger partial charge in [0.15, 0.2) is 0 Å². The molecule has 1 aromatic heterocycles. The maximum atomic E-state index is 12.4. The fourth-order valence-corrected chi connectivity index (χ4v) is 3.06. The van der Waals surface area contributed by atoms with E-state index in [2.05, 4.69) is 27.7 Å². The zero-order valence-electron chi connectivity index (χ0n) is 14.5. The van der Waals surface area contributed by atoms with Crippen LogP contribution in [0.3, 0.4) is 0 Å². The largest absolute Gasteiger partial charge is 0.573 e. The molecule has 0 fully saturated rings. The molecule has 0 unspecified atom stereocenters. The summed E-state index contributed by atoms with van der Waals surface area (Å²) < 4.78 is 41.2. The van der Waals surface area contributed by atoms with Crippen molar-refractivity contribution in [2.75, 3.05) is 5.32 Å². The molecule has 0 radical (unpaired) electrons. The van der Waals surface area contributed by atoms with Gasteiger partial charge in [0.2, 0.25) is 0 Å². The van der Waals surface area contributed by atoms with Crippen LogP contribution in [0, 0.1) is 0 Å². The van der Waals surface area contributed by atoms with Crippen molar-refractivity contribution in [1.82, 2.24) is 4.98 Å². The molecule has 0 saturated carbocycles. The van der Waals surface area contributed by atoms with Crippen LogP contribution in [0.25, 0.3) is 0 Å². The summed E-state index contributed by atoms with van der Waals surface area (Å²) in [5.41, 5.74) is 3.38. The molecule has 0 aliphatic rings. The summed E-state index contributed by atoms with van der Waals surface area (Å²) >= 11 is 10.5. The summed E-state index contributed by atoms with van der Waals surface area (Å²) in [5.74, 6) is -0.337. The third-order valence-electron chi connectivity index (χ3n) is 3.92. The molecule has 3 aromatic rings. The van der Waals surface area contributed by atoms with Crippen LogP contribution in [-0.4, -0.2) is 11.3 Å². The quantitative estimate of drug-likeness (QED) is 0.467. The van der Waals surface area contributed by atoms with E-state index in [9.17, 15) is 13.2 Å². The molecule has 1 heterocycles. The Morgan fingerprint density at radius 1 is 1.07 bits per heavy atom. The van der Waals surface area contributed by atoms with Crippen LogP contribution in [0.4, 0.5) is 18.9 Å². The van der Waals surface area contributed by atoms with Gasteiger partial charge in [-0.3, -0.25) is 4.98 Å². The van der Waals surface area contributed by atoms with Crippen LogP contribution < -0.4 is 10.1 Å². The van der Waals surface area contributed by atoms with Gasteiger partial charge in [-0.2, -0.15) is 0 Å². The first-order valence-electron chi connectivity index (χ1n) is 8.29. The molecule has 0 bridgehead atoms. The zero-order chi connectivity index (χ0) is 20.1. The van der Waals surface area contributed by atoms with Gasteiger partial charge >= 0.3 is 6.36 Å². The molecule has 3 rings (SSSR count). The monoisotopic (exact) mass is 424 g/mol. The summed E-state index contributed by atoms with van der Waals surface area (Å²) in [5, 5.41) is 3.34. The highest BCUT2D eigenvalue weighted by Gasteiger charge is 2.31. The first-order valence-corrected chi connectivity index (χ1v) is 9.11. The molecule has 0 saturated heterocycles. The highest BCUT2D eigenvalue weighted by Crippen LogP contribution is 2.31. The van der Waals surface area contributed by atoms with Crippen LogP contribution in [0.1, 0.15) is 16.7 Å². The van der Waals surface area contributed by atoms with Gasteiger partial charge in [0, 0.05) is 29.9 Å². The van der Waals surface area contributed by atoms with Crippen molar-refractivity contribution in [3.63, 3.8) is 0 Å². The van der Waals surface area contributed by atoms with E-state index in [1.165, 1.54) is 18.2 Å². The number of aromatic nitrogens is 1. The molecule has 0 atom stereocenters. The summed E-state index contributed by atoms with van der Waals surface area (Å²) in [4.78, 5) is 4.87. The maximum Gasteiger partial charge on any atom is 0.573 e. The van der Waals surface area contributed by atoms with E-state index in [0.717, 1.165) is 21.6 Å². The Morgan fingerprint density at radius 3 is 2.61 bits per heavy atom. The van der Waals surface area contributed by atoms with Crippen LogP contribution >= 0.6 is 24.2 Å². The Morgan fingerprint density at radius 2 is 1.89 bits per heavy atom. The Kier molecular flexibility index (Phi) is 6.36. The number of benzene rings is 2. The minimum atomic E-state index is -4.76. The van der Waals surface area contributed by atoms with Gasteiger partial charge < -0.3 is 10.1 Å². The number of anilines is 1. The third-order valence-corrected chi connectivity index (χ3v) is 4.68. The first-order chi connectivity index (χ1) is 13.3. The fraction of sp³-hybridized carbons (Fsp3) is 0.150. The molecule has 8 heteroatoms. The van der Waals surface area contributed by atoms with Crippen LogP contribution in [0.2, 0.25) is 5.02 Å². The zero-order valence-corrected chi connectivity index (χ0v) is 16.2. The lowest BCUT2D eigenvalue weighted by Gasteiger charge is -2.14. The average Bonchev–Trinajstić information content (AvgIpc) is 2.64. The molecule has 1 N–H and O–H groups in total. The smallest absolute Gasteiger partial charge is 0.406 e. The van der Waals surface area contributed by atoms with Gasteiger partial charge in [-0.1, -0.05) is 29.8 Å². The van der Waals surface area contributed by atoms with E-state index < -0.39 is 6.36 Å². The molecular formula is C20H16ClF3N2OS.